The molecular formula is C19H9F14NO5. The lowest BCUT2D eigenvalue weighted by Gasteiger charge is -2.27. The van der Waals surface area contributed by atoms with E-state index in [4.69, 9.17) is 0 Å². The van der Waals surface area contributed by atoms with Gasteiger partial charge in [-0.15, -0.1) is 0 Å². The zero-order valence-corrected chi connectivity index (χ0v) is 18.3. The van der Waals surface area contributed by atoms with E-state index in [2.05, 4.69) is 9.47 Å². The Morgan fingerprint density at radius 2 is 1.26 bits per heavy atom. The highest BCUT2D eigenvalue weighted by atomic mass is 19.4. The molecule has 0 amide bonds. The third-order valence-electron chi connectivity index (χ3n) is 4.88. The van der Waals surface area contributed by atoms with Crippen molar-refractivity contribution in [2.75, 3.05) is 7.11 Å². The molecule has 218 valence electrons. The number of alkyl halides is 14. The number of hydrogen-bond donors (Lipinski definition) is 0. The van der Waals surface area contributed by atoms with Crippen molar-refractivity contribution >= 4 is 28.7 Å². The molecule has 2 aromatic rings. The highest BCUT2D eigenvalue weighted by Crippen LogP contribution is 2.48. The lowest BCUT2D eigenvalue weighted by atomic mass is 10.1. The van der Waals surface area contributed by atoms with Crippen LogP contribution in [0, 0.1) is 0 Å². The molecule has 0 atom stereocenters. The summed E-state index contributed by atoms with van der Waals surface area (Å²) in [5.74, 6) is -36.2. The molecule has 0 spiro atoms. The maximum atomic E-state index is 14.0. The lowest BCUT2D eigenvalue weighted by Crippen LogP contribution is -2.57. The molecule has 1 aromatic carbocycles. The fourth-order valence-corrected chi connectivity index (χ4v) is 2.82. The van der Waals surface area contributed by atoms with Crippen LogP contribution in [0.15, 0.2) is 24.4 Å². The van der Waals surface area contributed by atoms with Crippen LogP contribution in [0.25, 0.3) is 10.9 Å². The van der Waals surface area contributed by atoms with Crippen LogP contribution in [0.4, 0.5) is 61.5 Å². The molecule has 0 aliphatic carbocycles. The van der Waals surface area contributed by atoms with Crippen molar-refractivity contribution in [3.63, 3.8) is 0 Å². The van der Waals surface area contributed by atoms with Crippen LogP contribution in [0.2, 0.25) is 0 Å². The Morgan fingerprint density at radius 3 is 1.72 bits per heavy atom. The van der Waals surface area contributed by atoms with E-state index in [9.17, 15) is 75.8 Å². The van der Waals surface area contributed by atoms with Gasteiger partial charge in [-0.05, 0) is 23.8 Å². The number of methoxy groups -OCH3 is 1. The van der Waals surface area contributed by atoms with E-state index in [0.717, 1.165) is 7.11 Å². The number of fused-ring (bicyclic) bond motifs is 1. The molecule has 1 heterocycles. The number of ether oxygens (including phenoxy) is 2. The molecule has 20 heteroatoms. The highest BCUT2D eigenvalue weighted by Gasteiger charge is 2.78. The number of esters is 2. The van der Waals surface area contributed by atoms with Crippen LogP contribution in [0.1, 0.15) is 10.4 Å². The highest BCUT2D eigenvalue weighted by molar-refractivity contribution is 5.99. The van der Waals surface area contributed by atoms with Gasteiger partial charge in [0.05, 0.1) is 19.0 Å². The van der Waals surface area contributed by atoms with Crippen LogP contribution in [0.5, 0.6) is 5.75 Å². The monoisotopic (exact) mass is 597 g/mol. The van der Waals surface area contributed by atoms with Crippen molar-refractivity contribution in [3.05, 3.63) is 30.0 Å². The van der Waals surface area contributed by atoms with Gasteiger partial charge < -0.3 is 9.47 Å². The molecule has 0 aliphatic rings. The van der Waals surface area contributed by atoms with Gasteiger partial charge >= 0.3 is 53.9 Å². The predicted octanol–water partition coefficient (Wildman–Crippen LogP) is 5.57. The summed E-state index contributed by atoms with van der Waals surface area (Å²) in [6.45, 7) is 0. The predicted molar refractivity (Wildman–Crippen MR) is 95.8 cm³/mol. The van der Waals surface area contributed by atoms with E-state index >= 15 is 0 Å². The number of aromatic nitrogens is 1. The molecule has 0 saturated heterocycles. The minimum atomic E-state index is -6.94. The quantitative estimate of drug-likeness (QED) is 0.237. The van der Waals surface area contributed by atoms with E-state index in [1.165, 1.54) is 0 Å². The average Bonchev–Trinajstić information content (AvgIpc) is 3.13. The second-order valence-corrected chi connectivity index (χ2v) is 7.44. The zero-order valence-electron chi connectivity index (χ0n) is 18.3. The second-order valence-electron chi connectivity index (χ2n) is 7.44. The Labute approximate surface area is 205 Å². The number of hydrogen-bond acceptors (Lipinski definition) is 5. The zero-order chi connectivity index (χ0) is 30.6. The van der Waals surface area contributed by atoms with Crippen molar-refractivity contribution in [1.29, 1.82) is 0 Å². The summed E-state index contributed by atoms with van der Waals surface area (Å²) in [6, 6.07) is 0.712. The van der Waals surface area contributed by atoms with Crippen molar-refractivity contribution in [1.82, 2.24) is 4.57 Å². The number of carbonyl (C=O) groups excluding carboxylic acids is 3. The molecule has 0 radical (unpaired) electrons. The SMILES string of the molecule is COC(=O)Cc1cn(C(=O)C(F)(F)C(F)(F)C(F)(F)F)c2ccc(OC(=O)C(F)(F)C(F)(F)C(F)(F)F)cc12. The topological polar surface area (TPSA) is 74.6 Å². The smallest absolute Gasteiger partial charge is 0.460 e. The first-order chi connectivity index (χ1) is 17.3. The van der Waals surface area contributed by atoms with Gasteiger partial charge in [0.25, 0.3) is 0 Å². The summed E-state index contributed by atoms with van der Waals surface area (Å²) in [5, 5.41) is -0.837. The Hall–Kier alpha value is -3.61. The Bertz CT molecular complexity index is 1290. The fourth-order valence-electron chi connectivity index (χ4n) is 2.82. The van der Waals surface area contributed by atoms with Crippen LogP contribution in [-0.4, -0.2) is 65.6 Å². The van der Waals surface area contributed by atoms with Gasteiger partial charge in [0.1, 0.15) is 5.75 Å². The average molecular weight is 597 g/mol. The number of nitrogens with zero attached hydrogens (tertiary/aromatic N) is 1. The summed E-state index contributed by atoms with van der Waals surface area (Å²) < 4.78 is 190. The molecule has 2 rings (SSSR count). The van der Waals surface area contributed by atoms with Crippen LogP contribution < -0.4 is 4.74 Å². The number of benzene rings is 1. The van der Waals surface area contributed by atoms with Crippen molar-refractivity contribution in [3.8, 4) is 5.75 Å². The fraction of sp³-hybridized carbons (Fsp3) is 0.421. The minimum absolute atomic E-state index is 0.127. The van der Waals surface area contributed by atoms with E-state index in [0.29, 0.717) is 0 Å². The maximum Gasteiger partial charge on any atom is 0.460 e. The number of halogens is 14. The molecule has 0 saturated carbocycles. The first-order valence-electron chi connectivity index (χ1n) is 9.47. The number of carbonyl (C=O) groups is 3. The van der Waals surface area contributed by atoms with Gasteiger partial charge in [0, 0.05) is 11.6 Å². The maximum absolute atomic E-state index is 14.0. The van der Waals surface area contributed by atoms with Gasteiger partial charge in [0.15, 0.2) is 0 Å². The second kappa shape index (κ2) is 9.54. The van der Waals surface area contributed by atoms with Crippen LogP contribution in [0.3, 0.4) is 0 Å². The van der Waals surface area contributed by atoms with Gasteiger partial charge in [-0.2, -0.15) is 61.5 Å². The van der Waals surface area contributed by atoms with Crippen molar-refractivity contribution < 1.29 is 85.3 Å². The summed E-state index contributed by atoms with van der Waals surface area (Å²) in [7, 11) is 0.751. The summed E-state index contributed by atoms with van der Waals surface area (Å²) in [6.07, 6.45) is -14.8. The Balaban J connectivity index is 2.64. The molecule has 0 N–H and O–H groups in total. The largest absolute Gasteiger partial charge is 0.469 e. The van der Waals surface area contributed by atoms with Crippen LogP contribution >= 0.6 is 0 Å². The number of rotatable bonds is 7. The third-order valence-corrected chi connectivity index (χ3v) is 4.88. The molecular weight excluding hydrogens is 588 g/mol. The van der Waals surface area contributed by atoms with E-state index in [1.807, 2.05) is 0 Å². The van der Waals surface area contributed by atoms with Gasteiger partial charge in [-0.3, -0.25) is 14.2 Å². The summed E-state index contributed by atoms with van der Waals surface area (Å²) in [5.41, 5.74) is -1.77. The van der Waals surface area contributed by atoms with E-state index in [-0.39, 0.29) is 24.4 Å². The Morgan fingerprint density at radius 1 is 0.769 bits per heavy atom. The van der Waals surface area contributed by atoms with Crippen molar-refractivity contribution in [2.24, 2.45) is 0 Å². The van der Waals surface area contributed by atoms with Gasteiger partial charge in [-0.25, -0.2) is 4.79 Å². The standard InChI is InChI=1S/C19H9F14NO5/c1-38-11(35)4-7-6-34(12(36)14(20,21)16(24,25)18(28,29)30)10-3-2-8(5-9(7)10)39-13(37)15(22,23)17(26,27)19(31,32)33/h2-3,5-6H,4H2,1H3. The van der Waals surface area contributed by atoms with Crippen molar-refractivity contribution in [2.45, 2.75) is 42.5 Å². The summed E-state index contributed by atoms with van der Waals surface area (Å²) in [4.78, 5) is 35.1. The van der Waals surface area contributed by atoms with Gasteiger partial charge in [0.2, 0.25) is 0 Å². The first-order valence-corrected chi connectivity index (χ1v) is 9.47. The van der Waals surface area contributed by atoms with E-state index < -0.39 is 87.1 Å². The summed E-state index contributed by atoms with van der Waals surface area (Å²) >= 11 is 0. The third kappa shape index (κ3) is 5.19. The molecule has 0 unspecified atom stereocenters. The normalized spacial score (nSPS) is 13.9. The minimum Gasteiger partial charge on any atom is -0.469 e. The molecule has 0 bridgehead atoms. The van der Waals surface area contributed by atoms with E-state index in [1.54, 1.807) is 0 Å². The van der Waals surface area contributed by atoms with Gasteiger partial charge in [-0.1, -0.05) is 0 Å². The lowest BCUT2D eigenvalue weighted by molar-refractivity contribution is -0.346. The molecule has 0 aliphatic heterocycles. The Kier molecular flexibility index (Phi) is 7.73. The van der Waals surface area contributed by atoms with Crippen LogP contribution in [-0.2, 0) is 20.7 Å². The molecule has 39 heavy (non-hydrogen) atoms. The molecule has 0 fully saturated rings. The first kappa shape index (κ1) is 31.6. The molecule has 6 nitrogen and oxygen atoms in total. The molecule has 1 aromatic heterocycles.